The van der Waals surface area contributed by atoms with E-state index >= 15 is 0 Å². The molecule has 2 rings (SSSR count). The molecule has 0 bridgehead atoms. The molecule has 1 heterocycles. The summed E-state index contributed by atoms with van der Waals surface area (Å²) in [5.41, 5.74) is 1.32. The van der Waals surface area contributed by atoms with E-state index in [4.69, 9.17) is 0 Å². The number of hydrogen-bond donors (Lipinski definition) is 0. The zero-order valence-electron chi connectivity index (χ0n) is 9.78. The number of carbonyl (C=O) groups is 1. The molecule has 0 saturated heterocycles. The van der Waals surface area contributed by atoms with Crippen molar-refractivity contribution in [3.8, 4) is 0 Å². The van der Waals surface area contributed by atoms with Crippen LogP contribution in [0.4, 0.5) is 0 Å². The SMILES string of the molecule is O=C(CCc1ccsc1)CCC1CCCC1. The lowest BCUT2D eigenvalue weighted by atomic mass is 9.98. The van der Waals surface area contributed by atoms with Crippen molar-refractivity contribution >= 4 is 17.1 Å². The largest absolute Gasteiger partial charge is 0.300 e. The average Bonchev–Trinajstić information content (AvgIpc) is 2.96. The molecule has 88 valence electrons. The number of Topliss-reactive ketones (excluding diaryl/α,β-unsaturated/α-hetero) is 1. The van der Waals surface area contributed by atoms with Gasteiger partial charge in [-0.2, -0.15) is 11.3 Å². The maximum absolute atomic E-state index is 11.7. The smallest absolute Gasteiger partial charge is 0.133 e. The molecule has 0 spiro atoms. The first-order chi connectivity index (χ1) is 7.84. The molecule has 2 heteroatoms. The predicted octanol–water partition coefficient (Wildman–Crippen LogP) is 4.22. The van der Waals surface area contributed by atoms with Gasteiger partial charge in [-0.15, -0.1) is 0 Å². The van der Waals surface area contributed by atoms with E-state index in [2.05, 4.69) is 16.8 Å². The topological polar surface area (TPSA) is 17.1 Å². The Bertz CT molecular complexity index is 309. The van der Waals surface area contributed by atoms with E-state index in [0.29, 0.717) is 5.78 Å². The molecule has 1 aromatic heterocycles. The molecule has 0 aromatic carbocycles. The maximum atomic E-state index is 11.7. The van der Waals surface area contributed by atoms with Gasteiger partial charge < -0.3 is 0 Å². The van der Waals surface area contributed by atoms with E-state index in [-0.39, 0.29) is 0 Å². The minimum atomic E-state index is 0.457. The number of rotatable bonds is 6. The van der Waals surface area contributed by atoms with Gasteiger partial charge in [-0.1, -0.05) is 25.7 Å². The second-order valence-corrected chi connectivity index (χ2v) is 5.64. The summed E-state index contributed by atoms with van der Waals surface area (Å²) in [5, 5.41) is 4.22. The van der Waals surface area contributed by atoms with Crippen LogP contribution in [-0.4, -0.2) is 5.78 Å². The van der Waals surface area contributed by atoms with Gasteiger partial charge in [0, 0.05) is 12.8 Å². The molecule has 16 heavy (non-hydrogen) atoms. The minimum Gasteiger partial charge on any atom is -0.300 e. The molecule has 0 N–H and O–H groups in total. The minimum absolute atomic E-state index is 0.457. The summed E-state index contributed by atoms with van der Waals surface area (Å²) >= 11 is 1.71. The van der Waals surface area contributed by atoms with Crippen LogP contribution in [-0.2, 0) is 11.2 Å². The van der Waals surface area contributed by atoms with Crippen molar-refractivity contribution in [1.29, 1.82) is 0 Å². The molecule has 0 atom stereocenters. The Morgan fingerprint density at radius 3 is 2.81 bits per heavy atom. The van der Waals surface area contributed by atoms with Gasteiger partial charge in [-0.25, -0.2) is 0 Å². The Morgan fingerprint density at radius 2 is 2.12 bits per heavy atom. The fraction of sp³-hybridized carbons (Fsp3) is 0.643. The summed E-state index contributed by atoms with van der Waals surface area (Å²) < 4.78 is 0. The molecule has 1 aromatic rings. The second-order valence-electron chi connectivity index (χ2n) is 4.86. The quantitative estimate of drug-likeness (QED) is 0.722. The van der Waals surface area contributed by atoms with Crippen molar-refractivity contribution < 1.29 is 4.79 Å². The van der Waals surface area contributed by atoms with Gasteiger partial charge in [0.15, 0.2) is 0 Å². The van der Waals surface area contributed by atoms with Crippen molar-refractivity contribution in [2.45, 2.75) is 51.4 Å². The molecule has 1 saturated carbocycles. The fourth-order valence-electron chi connectivity index (χ4n) is 2.51. The summed E-state index contributed by atoms with van der Waals surface area (Å²) in [6.45, 7) is 0. The number of thiophene rings is 1. The Balaban J connectivity index is 1.60. The number of ketones is 1. The molecule has 0 radical (unpaired) electrons. The number of hydrogen-bond acceptors (Lipinski definition) is 2. The zero-order valence-corrected chi connectivity index (χ0v) is 10.6. The summed E-state index contributed by atoms with van der Waals surface area (Å²) in [7, 11) is 0. The first-order valence-electron chi connectivity index (χ1n) is 6.37. The van der Waals surface area contributed by atoms with Crippen LogP contribution in [0.1, 0.15) is 50.5 Å². The molecule has 1 aliphatic carbocycles. The molecular formula is C14H20OS. The van der Waals surface area contributed by atoms with Gasteiger partial charge >= 0.3 is 0 Å². The van der Waals surface area contributed by atoms with Crippen LogP contribution in [0.2, 0.25) is 0 Å². The highest BCUT2D eigenvalue weighted by atomic mass is 32.1. The van der Waals surface area contributed by atoms with Crippen molar-refractivity contribution in [2.75, 3.05) is 0 Å². The molecule has 1 nitrogen and oxygen atoms in total. The summed E-state index contributed by atoms with van der Waals surface area (Å²) in [6.07, 6.45) is 9.12. The van der Waals surface area contributed by atoms with Crippen molar-refractivity contribution in [3.63, 3.8) is 0 Å². The highest BCUT2D eigenvalue weighted by Crippen LogP contribution is 2.28. The Kier molecular flexibility index (Phi) is 4.58. The standard InChI is InChI=1S/C14H20OS/c15-14(7-5-12-3-1-2-4-12)8-6-13-9-10-16-11-13/h9-12H,1-8H2. The van der Waals surface area contributed by atoms with Gasteiger partial charge in [0.1, 0.15) is 5.78 Å². The summed E-state index contributed by atoms with van der Waals surface area (Å²) in [6, 6.07) is 2.12. The van der Waals surface area contributed by atoms with Gasteiger partial charge in [0.2, 0.25) is 0 Å². The van der Waals surface area contributed by atoms with Crippen LogP contribution in [0, 0.1) is 5.92 Å². The maximum Gasteiger partial charge on any atom is 0.133 e. The third-order valence-electron chi connectivity index (χ3n) is 3.58. The van der Waals surface area contributed by atoms with E-state index in [9.17, 15) is 4.79 Å². The van der Waals surface area contributed by atoms with Crippen molar-refractivity contribution in [2.24, 2.45) is 5.92 Å². The van der Waals surface area contributed by atoms with Crippen LogP contribution < -0.4 is 0 Å². The lowest BCUT2D eigenvalue weighted by Crippen LogP contribution is -2.03. The number of carbonyl (C=O) groups excluding carboxylic acids is 1. The number of aryl methyl sites for hydroxylation is 1. The first-order valence-corrected chi connectivity index (χ1v) is 7.31. The van der Waals surface area contributed by atoms with E-state index in [1.54, 1.807) is 11.3 Å². The van der Waals surface area contributed by atoms with E-state index < -0.39 is 0 Å². The van der Waals surface area contributed by atoms with Gasteiger partial charge in [-0.05, 0) is 41.1 Å². The lowest BCUT2D eigenvalue weighted by molar-refractivity contribution is -0.119. The fourth-order valence-corrected chi connectivity index (χ4v) is 3.21. The molecule has 0 aliphatic heterocycles. The Hall–Kier alpha value is -0.630. The first kappa shape index (κ1) is 11.8. The van der Waals surface area contributed by atoms with Crippen LogP contribution in [0.3, 0.4) is 0 Å². The van der Waals surface area contributed by atoms with Crippen LogP contribution in [0.5, 0.6) is 0 Å². The van der Waals surface area contributed by atoms with Crippen LogP contribution >= 0.6 is 11.3 Å². The summed E-state index contributed by atoms with van der Waals surface area (Å²) in [4.78, 5) is 11.7. The van der Waals surface area contributed by atoms with Gasteiger partial charge in [0.25, 0.3) is 0 Å². The average molecular weight is 236 g/mol. The summed E-state index contributed by atoms with van der Waals surface area (Å²) in [5.74, 6) is 1.31. The normalized spacial score (nSPS) is 16.8. The van der Waals surface area contributed by atoms with E-state index in [1.165, 1.54) is 31.2 Å². The molecule has 0 amide bonds. The van der Waals surface area contributed by atoms with Crippen molar-refractivity contribution in [3.05, 3.63) is 22.4 Å². The lowest BCUT2D eigenvalue weighted by Gasteiger charge is -2.07. The van der Waals surface area contributed by atoms with Crippen LogP contribution in [0.15, 0.2) is 16.8 Å². The molecule has 1 fully saturated rings. The van der Waals surface area contributed by atoms with Crippen LogP contribution in [0.25, 0.3) is 0 Å². The molecular weight excluding hydrogens is 216 g/mol. The predicted molar refractivity (Wildman–Crippen MR) is 68.8 cm³/mol. The third-order valence-corrected chi connectivity index (χ3v) is 4.31. The molecule has 0 unspecified atom stereocenters. The van der Waals surface area contributed by atoms with E-state index in [0.717, 1.165) is 31.6 Å². The van der Waals surface area contributed by atoms with Gasteiger partial charge in [-0.3, -0.25) is 4.79 Å². The highest BCUT2D eigenvalue weighted by Gasteiger charge is 2.15. The second kappa shape index (κ2) is 6.19. The molecule has 1 aliphatic rings. The monoisotopic (exact) mass is 236 g/mol. The highest BCUT2D eigenvalue weighted by molar-refractivity contribution is 7.07. The zero-order chi connectivity index (χ0) is 11.2. The van der Waals surface area contributed by atoms with Crippen molar-refractivity contribution in [1.82, 2.24) is 0 Å². The third kappa shape index (κ3) is 3.75. The van der Waals surface area contributed by atoms with E-state index in [1.807, 2.05) is 0 Å². The Morgan fingerprint density at radius 1 is 1.31 bits per heavy atom. The van der Waals surface area contributed by atoms with Gasteiger partial charge in [0.05, 0.1) is 0 Å². The Labute approximate surface area is 102 Å².